The van der Waals surface area contributed by atoms with Crippen LogP contribution in [-0.4, -0.2) is 17.2 Å². The Morgan fingerprint density at radius 3 is 2.32 bits per heavy atom. The average molecular weight is 259 g/mol. The van der Waals surface area contributed by atoms with Crippen LogP contribution in [0.15, 0.2) is 18.2 Å². The van der Waals surface area contributed by atoms with Gasteiger partial charge in [0.05, 0.1) is 12.8 Å². The Morgan fingerprint density at radius 2 is 1.79 bits per heavy atom. The minimum absolute atomic E-state index is 0.651. The van der Waals surface area contributed by atoms with Gasteiger partial charge in [-0.1, -0.05) is 12.1 Å². The lowest BCUT2D eigenvalue weighted by Crippen LogP contribution is -2.03. The minimum Gasteiger partial charge on any atom is -0.496 e. The van der Waals surface area contributed by atoms with Crippen molar-refractivity contribution in [1.29, 1.82) is 0 Å². The van der Waals surface area contributed by atoms with E-state index in [2.05, 4.69) is 11.9 Å². The number of methoxy groups -OCH3 is 1. The SMILES string of the molecule is COc1cc(C(O)c2[nH]c(C)c(C)c2C)ccc1C. The van der Waals surface area contributed by atoms with Crippen LogP contribution < -0.4 is 4.74 Å². The van der Waals surface area contributed by atoms with Gasteiger partial charge in [0.25, 0.3) is 0 Å². The normalized spacial score (nSPS) is 12.5. The Hall–Kier alpha value is -1.74. The van der Waals surface area contributed by atoms with E-state index in [9.17, 15) is 5.11 Å². The fourth-order valence-corrected chi connectivity index (χ4v) is 2.32. The summed E-state index contributed by atoms with van der Waals surface area (Å²) in [5.41, 5.74) is 6.19. The van der Waals surface area contributed by atoms with Crippen molar-refractivity contribution in [2.45, 2.75) is 33.8 Å². The van der Waals surface area contributed by atoms with Crippen LogP contribution in [0.1, 0.15) is 39.7 Å². The molecule has 1 unspecified atom stereocenters. The van der Waals surface area contributed by atoms with Gasteiger partial charge < -0.3 is 14.8 Å². The summed E-state index contributed by atoms with van der Waals surface area (Å²) in [7, 11) is 1.65. The Balaban J connectivity index is 2.43. The predicted octanol–water partition coefficient (Wildman–Crippen LogP) is 3.34. The molecule has 0 saturated carbocycles. The molecule has 0 saturated heterocycles. The van der Waals surface area contributed by atoms with Crippen molar-refractivity contribution in [3.8, 4) is 5.75 Å². The number of aliphatic hydroxyl groups excluding tert-OH is 1. The summed E-state index contributed by atoms with van der Waals surface area (Å²) < 4.78 is 5.31. The van der Waals surface area contributed by atoms with Crippen molar-refractivity contribution in [3.63, 3.8) is 0 Å². The number of aromatic amines is 1. The van der Waals surface area contributed by atoms with Gasteiger partial charge in [-0.25, -0.2) is 0 Å². The summed E-state index contributed by atoms with van der Waals surface area (Å²) in [6.45, 7) is 8.10. The molecule has 1 aromatic heterocycles. The standard InChI is InChI=1S/C16H21NO2/c1-9-6-7-13(8-14(9)19-5)16(18)15-11(3)10(2)12(4)17-15/h6-8,16-18H,1-5H3. The van der Waals surface area contributed by atoms with Crippen molar-refractivity contribution in [2.75, 3.05) is 7.11 Å². The van der Waals surface area contributed by atoms with Crippen LogP contribution >= 0.6 is 0 Å². The number of nitrogens with one attached hydrogen (secondary N) is 1. The third kappa shape index (κ3) is 2.38. The highest BCUT2D eigenvalue weighted by atomic mass is 16.5. The van der Waals surface area contributed by atoms with E-state index in [1.54, 1.807) is 7.11 Å². The fourth-order valence-electron chi connectivity index (χ4n) is 2.32. The molecule has 0 fully saturated rings. The summed E-state index contributed by atoms with van der Waals surface area (Å²) in [6.07, 6.45) is -0.651. The first-order chi connectivity index (χ1) is 8.95. The zero-order valence-corrected chi connectivity index (χ0v) is 12.2. The number of hydrogen-bond acceptors (Lipinski definition) is 2. The van der Waals surface area contributed by atoms with E-state index >= 15 is 0 Å². The van der Waals surface area contributed by atoms with Crippen LogP contribution in [0.2, 0.25) is 0 Å². The van der Waals surface area contributed by atoms with Gasteiger partial charge in [0.2, 0.25) is 0 Å². The molecule has 1 aromatic carbocycles. The van der Waals surface area contributed by atoms with Crippen molar-refractivity contribution < 1.29 is 9.84 Å². The van der Waals surface area contributed by atoms with E-state index in [1.807, 2.05) is 39.0 Å². The average Bonchev–Trinajstić information content (AvgIpc) is 2.66. The van der Waals surface area contributed by atoms with Crippen molar-refractivity contribution in [1.82, 2.24) is 4.98 Å². The van der Waals surface area contributed by atoms with Gasteiger partial charge in [-0.3, -0.25) is 0 Å². The molecule has 0 aliphatic rings. The molecule has 1 heterocycles. The monoisotopic (exact) mass is 259 g/mol. The molecule has 0 amide bonds. The van der Waals surface area contributed by atoms with E-state index in [0.717, 1.165) is 33.8 Å². The topological polar surface area (TPSA) is 45.2 Å². The molecule has 102 valence electrons. The zero-order valence-electron chi connectivity index (χ0n) is 12.2. The minimum atomic E-state index is -0.651. The van der Waals surface area contributed by atoms with Crippen molar-refractivity contribution in [3.05, 3.63) is 51.8 Å². The van der Waals surface area contributed by atoms with Gasteiger partial charge in [-0.15, -0.1) is 0 Å². The Labute approximate surface area is 114 Å². The van der Waals surface area contributed by atoms with Crippen molar-refractivity contribution in [2.24, 2.45) is 0 Å². The van der Waals surface area contributed by atoms with E-state index in [-0.39, 0.29) is 0 Å². The molecule has 3 nitrogen and oxygen atoms in total. The number of rotatable bonds is 3. The highest BCUT2D eigenvalue weighted by molar-refractivity contribution is 5.43. The maximum atomic E-state index is 10.5. The van der Waals surface area contributed by atoms with Crippen LogP contribution in [-0.2, 0) is 0 Å². The molecular weight excluding hydrogens is 238 g/mol. The summed E-state index contributed by atoms with van der Waals surface area (Å²) in [5.74, 6) is 0.800. The summed E-state index contributed by atoms with van der Waals surface area (Å²) in [6, 6.07) is 5.80. The second kappa shape index (κ2) is 5.10. The number of hydrogen-bond donors (Lipinski definition) is 2. The molecule has 0 aliphatic carbocycles. The first kappa shape index (κ1) is 13.7. The van der Waals surface area contributed by atoms with E-state index < -0.39 is 6.10 Å². The highest BCUT2D eigenvalue weighted by Gasteiger charge is 2.18. The summed E-state index contributed by atoms with van der Waals surface area (Å²) in [5, 5.41) is 10.5. The molecule has 0 bridgehead atoms. The lowest BCUT2D eigenvalue weighted by molar-refractivity contribution is 0.214. The number of aromatic nitrogens is 1. The molecule has 2 N–H and O–H groups in total. The highest BCUT2D eigenvalue weighted by Crippen LogP contribution is 2.30. The van der Waals surface area contributed by atoms with Crippen LogP contribution in [0, 0.1) is 27.7 Å². The smallest absolute Gasteiger partial charge is 0.122 e. The first-order valence-electron chi connectivity index (χ1n) is 6.44. The van der Waals surface area contributed by atoms with Gasteiger partial charge in [0, 0.05) is 5.69 Å². The number of H-pyrrole nitrogens is 1. The fraction of sp³-hybridized carbons (Fsp3) is 0.375. The van der Waals surface area contributed by atoms with Crippen LogP contribution in [0.4, 0.5) is 0 Å². The molecule has 19 heavy (non-hydrogen) atoms. The first-order valence-corrected chi connectivity index (χ1v) is 6.44. The number of ether oxygens (including phenoxy) is 1. The zero-order chi connectivity index (χ0) is 14.2. The molecule has 3 heteroatoms. The predicted molar refractivity (Wildman–Crippen MR) is 76.8 cm³/mol. The number of benzene rings is 1. The number of aryl methyl sites for hydroxylation is 2. The summed E-state index contributed by atoms with van der Waals surface area (Å²) >= 11 is 0. The quantitative estimate of drug-likeness (QED) is 0.888. The lowest BCUT2D eigenvalue weighted by atomic mass is 10.0. The largest absolute Gasteiger partial charge is 0.496 e. The summed E-state index contributed by atoms with van der Waals surface area (Å²) in [4.78, 5) is 3.27. The van der Waals surface area contributed by atoms with E-state index in [4.69, 9.17) is 4.74 Å². The molecular formula is C16H21NO2. The molecule has 0 spiro atoms. The second-order valence-corrected chi connectivity index (χ2v) is 5.05. The molecule has 2 rings (SSSR count). The van der Waals surface area contributed by atoms with Gasteiger partial charge >= 0.3 is 0 Å². The van der Waals surface area contributed by atoms with Gasteiger partial charge in [0.1, 0.15) is 11.9 Å². The van der Waals surface area contributed by atoms with Crippen LogP contribution in [0.5, 0.6) is 5.75 Å². The van der Waals surface area contributed by atoms with Crippen LogP contribution in [0.3, 0.4) is 0 Å². The Kier molecular flexibility index (Phi) is 3.67. The molecule has 0 radical (unpaired) electrons. The third-order valence-electron chi connectivity index (χ3n) is 3.87. The Morgan fingerprint density at radius 1 is 1.11 bits per heavy atom. The maximum absolute atomic E-state index is 10.5. The van der Waals surface area contributed by atoms with E-state index in [0.29, 0.717) is 0 Å². The Bertz CT molecular complexity index is 599. The van der Waals surface area contributed by atoms with Gasteiger partial charge in [0.15, 0.2) is 0 Å². The number of aliphatic hydroxyl groups is 1. The second-order valence-electron chi connectivity index (χ2n) is 5.05. The van der Waals surface area contributed by atoms with Gasteiger partial charge in [-0.2, -0.15) is 0 Å². The molecule has 0 aliphatic heterocycles. The molecule has 1 atom stereocenters. The van der Waals surface area contributed by atoms with Gasteiger partial charge in [-0.05, 0) is 56.0 Å². The van der Waals surface area contributed by atoms with Crippen molar-refractivity contribution >= 4 is 0 Å². The lowest BCUT2D eigenvalue weighted by Gasteiger charge is -2.13. The molecule has 2 aromatic rings. The van der Waals surface area contributed by atoms with E-state index in [1.165, 1.54) is 5.56 Å². The third-order valence-corrected chi connectivity index (χ3v) is 3.87. The maximum Gasteiger partial charge on any atom is 0.122 e. The van der Waals surface area contributed by atoms with Crippen LogP contribution in [0.25, 0.3) is 0 Å².